The second-order valence-corrected chi connectivity index (χ2v) is 31.5. The summed E-state index contributed by atoms with van der Waals surface area (Å²) in [6.07, 6.45) is 0.551. The van der Waals surface area contributed by atoms with Gasteiger partial charge < -0.3 is 9.47 Å². The number of hydrogen-bond acceptors (Lipinski definition) is 20. The normalized spacial score (nSPS) is 15.5. The summed E-state index contributed by atoms with van der Waals surface area (Å²) >= 11 is 0. The topological polar surface area (TPSA) is 365 Å². The van der Waals surface area contributed by atoms with Crippen molar-refractivity contribution in [1.82, 2.24) is 58.8 Å². The Kier molecular flexibility index (Phi) is 31.0. The highest BCUT2D eigenvalue weighted by atomic mass is 19.4. The van der Waals surface area contributed by atoms with E-state index in [4.69, 9.17) is 9.47 Å². The fourth-order valence-electron chi connectivity index (χ4n) is 15.1. The molecular weight excluding hydrogens is 1810 g/mol. The zero-order chi connectivity index (χ0) is 102. The molecule has 0 saturated carbocycles. The van der Waals surface area contributed by atoms with Crippen LogP contribution in [0.2, 0.25) is 0 Å². The van der Waals surface area contributed by atoms with E-state index in [1.165, 1.54) is 128 Å². The van der Waals surface area contributed by atoms with Crippen LogP contribution in [0.15, 0.2) is 252 Å². The number of likely N-dealkylation sites (N-methyl/N-ethyl adjacent to an activating group) is 12. The molecule has 37 heteroatoms. The lowest BCUT2D eigenvalue weighted by molar-refractivity contribution is -0.138. The van der Waals surface area contributed by atoms with Gasteiger partial charge >= 0.3 is 42.4 Å². The lowest BCUT2D eigenvalue weighted by atomic mass is 9.90. The van der Waals surface area contributed by atoms with Crippen molar-refractivity contribution in [3.05, 3.63) is 308 Å². The van der Waals surface area contributed by atoms with Crippen LogP contribution < -0.4 is 9.47 Å². The summed E-state index contributed by atoms with van der Waals surface area (Å²) in [4.78, 5) is 229. The van der Waals surface area contributed by atoms with Crippen molar-refractivity contribution in [2.24, 2.45) is 0 Å². The Morgan fingerprint density at radius 3 is 1.06 bits per heavy atom. The van der Waals surface area contributed by atoms with Crippen LogP contribution in [0.3, 0.4) is 0 Å². The third kappa shape index (κ3) is 20.7. The van der Waals surface area contributed by atoms with Gasteiger partial charge in [-0.15, -0.1) is 0 Å². The zero-order valence-electron chi connectivity index (χ0n) is 77.6. The minimum Gasteiger partial charge on any atom is -0.497 e. The van der Waals surface area contributed by atoms with Gasteiger partial charge in [-0.25, -0.2) is 37.5 Å². The molecule has 10 aromatic carbocycles. The summed E-state index contributed by atoms with van der Waals surface area (Å²) in [6, 6.07) is 56.7. The minimum atomic E-state index is -4.54. The van der Waals surface area contributed by atoms with Crippen molar-refractivity contribution >= 4 is 174 Å². The van der Waals surface area contributed by atoms with E-state index in [2.05, 4.69) is 0 Å². The number of benzene rings is 10. The number of allylic oxidation sites excluding steroid dienone is 2. The Morgan fingerprint density at radius 2 is 0.633 bits per heavy atom. The van der Waals surface area contributed by atoms with Crippen LogP contribution in [-0.4, -0.2) is 265 Å². The van der Waals surface area contributed by atoms with E-state index in [1.807, 2.05) is 104 Å². The number of hydrogen-bond donors (Lipinski definition) is 0. The smallest absolute Gasteiger partial charge is 0.416 e. The maximum Gasteiger partial charge on any atom is 0.416 e. The van der Waals surface area contributed by atoms with Crippen molar-refractivity contribution in [3.63, 3.8) is 0 Å². The number of ether oxygens (including phenoxy) is 2. The van der Waals surface area contributed by atoms with E-state index in [-0.39, 0.29) is 50.1 Å². The lowest BCUT2D eigenvalue weighted by Crippen LogP contribution is -2.53. The second-order valence-electron chi connectivity index (χ2n) is 31.5. The highest BCUT2D eigenvalue weighted by Crippen LogP contribution is 2.39. The molecule has 0 N–H and O–H groups in total. The molecule has 0 aliphatic carbocycles. The van der Waals surface area contributed by atoms with Gasteiger partial charge in [0.25, 0.3) is 70.9 Å². The Balaban J connectivity index is 0.000000160. The monoisotopic (exact) mass is 1900 g/mol. The van der Waals surface area contributed by atoms with E-state index in [0.717, 1.165) is 132 Å². The molecule has 6 fully saturated rings. The molecule has 0 unspecified atom stereocenters. The van der Waals surface area contributed by atoms with Gasteiger partial charge in [-0.2, -0.15) is 13.2 Å². The molecule has 6 aliphatic heterocycles. The second kappa shape index (κ2) is 42.3. The van der Waals surface area contributed by atoms with Gasteiger partial charge in [0.1, 0.15) is 56.6 Å². The first-order chi connectivity index (χ1) is 65.8. The zero-order valence-corrected chi connectivity index (χ0v) is 77.6. The van der Waals surface area contributed by atoms with Crippen molar-refractivity contribution < 1.29 is 118 Å². The van der Waals surface area contributed by atoms with Gasteiger partial charge in [-0.05, 0) is 163 Å². The predicted molar refractivity (Wildman–Crippen MR) is 501 cm³/mol. The number of halogens is 5. The molecule has 24 amide bonds. The molecule has 0 atom stereocenters. The summed E-state index contributed by atoms with van der Waals surface area (Å²) in [6.45, 7) is 3.24. The summed E-state index contributed by atoms with van der Waals surface area (Å²) < 4.78 is 77.5. The highest BCUT2D eigenvalue weighted by molar-refractivity contribution is 6.36. The van der Waals surface area contributed by atoms with Gasteiger partial charge in [0, 0.05) is 90.1 Å². The maximum absolute atomic E-state index is 14.5. The van der Waals surface area contributed by atoms with E-state index < -0.39 is 142 Å². The number of fused-ring (bicyclic) bond motifs is 4. The largest absolute Gasteiger partial charge is 0.497 e. The summed E-state index contributed by atoms with van der Waals surface area (Å²) in [5.41, 5.74) is 1.65. The molecule has 0 aromatic heterocycles. The Labute approximate surface area is 791 Å². The number of imide groups is 12. The molecule has 10 aromatic rings. The fraction of sp³-hybridized carbons (Fsp3) is 0.176. The number of methoxy groups -OCH3 is 2. The first-order valence-corrected chi connectivity index (χ1v) is 42.0. The van der Waals surface area contributed by atoms with Gasteiger partial charge in [0.2, 0.25) is 0 Å². The summed E-state index contributed by atoms with van der Waals surface area (Å²) in [5.74, 6) is -8.66. The van der Waals surface area contributed by atoms with Crippen LogP contribution in [0.4, 0.5) is 50.7 Å². The Hall–Kier alpha value is -17.7. The molecule has 0 spiro atoms. The summed E-state index contributed by atoms with van der Waals surface area (Å²) in [5, 5.41) is 6.08. The van der Waals surface area contributed by atoms with Gasteiger partial charge in [0.05, 0.1) is 25.3 Å². The van der Waals surface area contributed by atoms with Gasteiger partial charge in [-0.3, -0.25) is 116 Å². The predicted octanol–water partition coefficient (Wildman–Crippen LogP) is 14.1. The van der Waals surface area contributed by atoms with E-state index in [1.54, 1.807) is 93.1 Å². The van der Waals surface area contributed by atoms with Crippen LogP contribution in [0, 0.1) is 11.6 Å². The van der Waals surface area contributed by atoms with Crippen LogP contribution in [0.5, 0.6) is 11.5 Å². The number of amides is 24. The number of barbiturate groups is 6. The molecule has 0 radical (unpaired) electrons. The molecule has 6 heterocycles. The SMILES string of the molecule is CC(=C1C(=O)N(C)C(=O)N(C)C1=O)c1cccc(C(F)(F)F)c1.CCC(=C1C(=O)N(C)C(=O)N(C)C1=O)c1ccc(OC)cc1.CN1C(=O)C(=C(c2ccccc2)c2c(F)cccc2F)C(=O)N(C)C1=O.CN1C(=O)C(=Cc2cc3ccccc3c3ccccc23)C(=O)N(C)C1=O.CN1C(=O)C(=Cc2cccc3ccccc23)C(=O)N(C)C1=O.COc1ccc(C=C2C(=O)N(C)C(=O)N(C)C2=O)cc1. The Morgan fingerprint density at radius 1 is 0.302 bits per heavy atom. The quantitative estimate of drug-likeness (QED) is 0.0531. The molecule has 6 saturated heterocycles. The first kappa shape index (κ1) is 102. The molecule has 32 nitrogen and oxygen atoms in total. The maximum atomic E-state index is 14.5. The van der Waals surface area contributed by atoms with Crippen molar-refractivity contribution in [2.45, 2.75) is 26.4 Å². The molecule has 712 valence electrons. The van der Waals surface area contributed by atoms with Crippen molar-refractivity contribution in [1.29, 1.82) is 0 Å². The van der Waals surface area contributed by atoms with Crippen LogP contribution in [-0.2, 0) is 63.7 Å². The van der Waals surface area contributed by atoms with Gasteiger partial charge in [0.15, 0.2) is 0 Å². The fourth-order valence-corrected chi connectivity index (χ4v) is 15.1. The number of alkyl halides is 3. The van der Waals surface area contributed by atoms with Crippen molar-refractivity contribution in [2.75, 3.05) is 98.8 Å². The summed E-state index contributed by atoms with van der Waals surface area (Å²) in [7, 11) is 18.8. The van der Waals surface area contributed by atoms with E-state index in [0.29, 0.717) is 29.1 Å². The lowest BCUT2D eigenvalue weighted by Gasteiger charge is -2.30. The molecule has 139 heavy (non-hydrogen) atoms. The number of carbonyl (C=O) groups is 18. The molecule has 6 aliphatic rings. The van der Waals surface area contributed by atoms with E-state index >= 15 is 0 Å². The minimum absolute atomic E-state index is 0.0130. The third-order valence-electron chi connectivity index (χ3n) is 23.0. The third-order valence-corrected chi connectivity index (χ3v) is 23.0. The molecule has 0 bridgehead atoms. The standard InChI is InChI=1S/C21H16N2O3.C19H14F2N2O3.C17H14N2O3.C16H18N2O4.C15H13F3N2O3.C14H14N2O4/c1-22-19(24)18(20(25)23(2)21(22)26)12-14-11-13-7-3-4-8-15(13)17-10-6-5-9-16(14)17;1-22-17(24)16(18(25)23(2)19(22)26)14(11-7-4-3-5-8-11)15-12(20)9-6-10-13(15)21;1-18-15(20)14(16(21)19(2)17(18)22)10-12-8-5-7-11-6-3-4-9-13(11)12;1-5-12(10-6-8-11(22-4)9-7-10)13-14(19)17(2)16(21)18(3)15(13)20;1-8(9-5-4-6-10(7-9)15(16,17)18)11-12(21)19(2)14(23)20(3)13(11)22;1-15-12(17)11(13(18)16(2)14(15)19)8-9-4-6-10(20-3)7-5-9/h3-12H,1-2H3;3-10H,1-2H3;3-10H,1-2H3;6-9H,5H2,1-4H3;4-7H,1-3H3;4-8H,1-3H3. The van der Waals surface area contributed by atoms with Crippen LogP contribution >= 0.6 is 0 Å². The van der Waals surface area contributed by atoms with E-state index in [9.17, 15) is 108 Å². The average Bonchev–Trinajstić information content (AvgIpc) is 0.743. The highest BCUT2D eigenvalue weighted by Gasteiger charge is 2.46. The number of rotatable bonds is 10. The molecule has 16 rings (SSSR count). The number of carbonyl (C=O) groups excluding carboxylic acids is 18. The molecular formula is C102H89F5N12O20. The Bertz CT molecular complexity index is 6890. The average molecular weight is 1900 g/mol. The van der Waals surface area contributed by atoms with Crippen LogP contribution in [0.25, 0.3) is 67.3 Å². The number of urea groups is 6. The number of nitrogens with zero attached hydrogens (tertiary/aromatic N) is 12. The van der Waals surface area contributed by atoms with Gasteiger partial charge in [-0.1, -0.05) is 171 Å². The van der Waals surface area contributed by atoms with Crippen LogP contribution in [0.1, 0.15) is 64.8 Å². The first-order valence-electron chi connectivity index (χ1n) is 42.0. The van der Waals surface area contributed by atoms with Crippen molar-refractivity contribution in [3.8, 4) is 11.5 Å².